The lowest BCUT2D eigenvalue weighted by Gasteiger charge is -2.24. The minimum absolute atomic E-state index is 0.0469. The van der Waals surface area contributed by atoms with Crippen molar-refractivity contribution in [2.24, 2.45) is 0 Å². The molecule has 1 atom stereocenters. The molecular weight excluding hydrogens is 308 g/mol. The van der Waals surface area contributed by atoms with Crippen molar-refractivity contribution in [1.82, 2.24) is 5.32 Å². The van der Waals surface area contributed by atoms with Gasteiger partial charge in [0.05, 0.1) is 6.61 Å². The molecule has 1 aromatic carbocycles. The summed E-state index contributed by atoms with van der Waals surface area (Å²) in [5.74, 6) is 4.25. The van der Waals surface area contributed by atoms with E-state index >= 15 is 0 Å². The van der Waals surface area contributed by atoms with Gasteiger partial charge in [-0.25, -0.2) is 9.59 Å². The molecule has 0 aromatic heterocycles. The quantitative estimate of drug-likeness (QED) is 0.680. The maximum absolute atomic E-state index is 12.2. The van der Waals surface area contributed by atoms with E-state index < -0.39 is 23.2 Å². The second kappa shape index (κ2) is 8.03. The first-order valence-corrected chi connectivity index (χ1v) is 7.40. The van der Waals surface area contributed by atoms with Gasteiger partial charge in [0.25, 0.3) is 5.54 Å². The molecule has 0 radical (unpaired) electrons. The molecule has 24 heavy (non-hydrogen) atoms. The number of esters is 1. The Hall–Kier alpha value is -2.99. The molecule has 6 heteroatoms. The molecule has 1 aromatic rings. The molecule has 0 aliphatic rings. The molecule has 1 N–H and O–H groups in total. The molecule has 1 amide bonds. The van der Waals surface area contributed by atoms with Gasteiger partial charge in [-0.3, -0.25) is 5.32 Å². The summed E-state index contributed by atoms with van der Waals surface area (Å²) in [6.45, 7) is 6.64. The predicted octanol–water partition coefficient (Wildman–Crippen LogP) is 2.39. The summed E-state index contributed by atoms with van der Waals surface area (Å²) < 4.78 is 9.98. The van der Waals surface area contributed by atoms with E-state index in [0.29, 0.717) is 5.56 Å². The van der Waals surface area contributed by atoms with Gasteiger partial charge in [0.2, 0.25) is 0 Å². The van der Waals surface area contributed by atoms with Crippen LogP contribution in [0.2, 0.25) is 0 Å². The Bertz CT molecular complexity index is 690. The molecule has 0 unspecified atom stereocenters. The highest BCUT2D eigenvalue weighted by Gasteiger charge is 2.42. The first kappa shape index (κ1) is 19.1. The molecule has 0 spiro atoms. The number of hydrogen-bond donors (Lipinski definition) is 1. The minimum atomic E-state index is -2.14. The summed E-state index contributed by atoms with van der Waals surface area (Å²) in [7, 11) is 0. The minimum Gasteiger partial charge on any atom is -0.463 e. The number of amides is 1. The molecule has 126 valence electrons. The van der Waals surface area contributed by atoms with Crippen molar-refractivity contribution in [3.05, 3.63) is 35.9 Å². The number of nitrogens with zero attached hydrogens (tertiary/aromatic N) is 1. The summed E-state index contributed by atoms with van der Waals surface area (Å²) in [5.41, 5.74) is -2.34. The van der Waals surface area contributed by atoms with Crippen molar-refractivity contribution in [1.29, 1.82) is 5.26 Å². The van der Waals surface area contributed by atoms with Gasteiger partial charge in [0, 0.05) is 5.56 Å². The molecule has 0 saturated carbocycles. The smallest absolute Gasteiger partial charge is 0.410 e. The number of ether oxygens (including phenoxy) is 2. The first-order valence-electron chi connectivity index (χ1n) is 7.40. The largest absolute Gasteiger partial charge is 0.463 e. The molecule has 0 bridgehead atoms. The van der Waals surface area contributed by atoms with Gasteiger partial charge in [-0.05, 0) is 45.7 Å². The zero-order chi connectivity index (χ0) is 18.2. The Kier molecular flexibility index (Phi) is 6.38. The van der Waals surface area contributed by atoms with Crippen LogP contribution in [0.4, 0.5) is 4.79 Å². The number of alkyl carbamates (subject to hydrolysis) is 1. The van der Waals surface area contributed by atoms with Gasteiger partial charge < -0.3 is 9.47 Å². The van der Waals surface area contributed by atoms with Crippen molar-refractivity contribution >= 4 is 12.1 Å². The average Bonchev–Trinajstić information content (AvgIpc) is 2.51. The number of benzene rings is 1. The van der Waals surface area contributed by atoms with E-state index in [4.69, 9.17) is 9.47 Å². The van der Waals surface area contributed by atoms with Crippen LogP contribution in [-0.4, -0.2) is 29.8 Å². The van der Waals surface area contributed by atoms with Gasteiger partial charge in [-0.15, -0.1) is 0 Å². The number of nitrogens with one attached hydrogen (secondary N) is 1. The van der Waals surface area contributed by atoms with Gasteiger partial charge in [0.1, 0.15) is 11.7 Å². The van der Waals surface area contributed by atoms with Crippen LogP contribution in [0.1, 0.15) is 33.3 Å². The maximum atomic E-state index is 12.2. The Morgan fingerprint density at radius 2 is 1.83 bits per heavy atom. The third kappa shape index (κ3) is 5.66. The number of rotatable bonds is 3. The Labute approximate surface area is 141 Å². The second-order valence-corrected chi connectivity index (χ2v) is 5.83. The normalized spacial score (nSPS) is 12.6. The summed E-state index contributed by atoms with van der Waals surface area (Å²) >= 11 is 0. The van der Waals surface area contributed by atoms with E-state index in [1.807, 2.05) is 6.07 Å². The lowest BCUT2D eigenvalue weighted by Crippen LogP contribution is -2.54. The average molecular weight is 328 g/mol. The van der Waals surface area contributed by atoms with Crippen molar-refractivity contribution in [2.45, 2.75) is 38.8 Å². The molecule has 0 saturated heterocycles. The molecule has 0 fully saturated rings. The highest BCUT2D eigenvalue weighted by atomic mass is 16.6. The van der Waals surface area contributed by atoms with Crippen LogP contribution in [0.15, 0.2) is 30.3 Å². The number of nitriles is 1. The fourth-order valence-corrected chi connectivity index (χ4v) is 1.62. The third-order valence-electron chi connectivity index (χ3n) is 2.61. The lowest BCUT2D eigenvalue weighted by molar-refractivity contribution is -0.146. The zero-order valence-electron chi connectivity index (χ0n) is 14.2. The predicted molar refractivity (Wildman–Crippen MR) is 87.7 cm³/mol. The molecule has 0 aliphatic heterocycles. The Morgan fingerprint density at radius 3 is 2.33 bits per heavy atom. The highest BCUT2D eigenvalue weighted by Crippen LogP contribution is 2.11. The second-order valence-electron chi connectivity index (χ2n) is 5.83. The van der Waals surface area contributed by atoms with E-state index in [0.717, 1.165) is 0 Å². The molecule has 0 aliphatic carbocycles. The Morgan fingerprint density at radius 1 is 1.21 bits per heavy atom. The van der Waals surface area contributed by atoms with Gasteiger partial charge >= 0.3 is 12.1 Å². The summed E-state index contributed by atoms with van der Waals surface area (Å²) in [6.07, 6.45) is -0.931. The number of carbonyl (C=O) groups is 2. The third-order valence-corrected chi connectivity index (χ3v) is 2.61. The maximum Gasteiger partial charge on any atom is 0.410 e. The highest BCUT2D eigenvalue weighted by molar-refractivity contribution is 5.93. The van der Waals surface area contributed by atoms with E-state index in [1.165, 1.54) is 0 Å². The van der Waals surface area contributed by atoms with Crippen molar-refractivity contribution in [3.8, 4) is 17.9 Å². The Balaban J connectivity index is 3.17. The monoisotopic (exact) mass is 328 g/mol. The zero-order valence-corrected chi connectivity index (χ0v) is 14.2. The van der Waals surface area contributed by atoms with Gasteiger partial charge in [0.15, 0.2) is 0 Å². The topological polar surface area (TPSA) is 88.4 Å². The fraction of sp³-hybridized carbons (Fsp3) is 0.389. The molecule has 0 heterocycles. The van der Waals surface area contributed by atoms with Crippen LogP contribution < -0.4 is 5.32 Å². The van der Waals surface area contributed by atoms with E-state index in [-0.39, 0.29) is 6.61 Å². The lowest BCUT2D eigenvalue weighted by atomic mass is 10.0. The number of carbonyl (C=O) groups excluding carboxylic acids is 2. The SMILES string of the molecule is CCOC(=O)[C@@](C#N)(C#Cc1ccccc1)NC(=O)OC(C)(C)C. The fourth-order valence-electron chi connectivity index (χ4n) is 1.62. The molecule has 6 nitrogen and oxygen atoms in total. The van der Waals surface area contributed by atoms with Gasteiger partial charge in [-0.2, -0.15) is 5.26 Å². The standard InChI is InChI=1S/C18H20N2O4/c1-5-23-15(21)18(13-19,20-16(22)24-17(2,3)4)12-11-14-9-7-6-8-10-14/h6-10H,5H2,1-4H3,(H,20,22)/t18-/m0/s1. The van der Waals surface area contributed by atoms with Crippen LogP contribution in [0.5, 0.6) is 0 Å². The van der Waals surface area contributed by atoms with E-state index in [9.17, 15) is 14.9 Å². The summed E-state index contributed by atoms with van der Waals surface area (Å²) in [5, 5.41) is 11.7. The molecular formula is C18H20N2O4. The van der Waals surface area contributed by atoms with Gasteiger partial charge in [-0.1, -0.05) is 24.1 Å². The van der Waals surface area contributed by atoms with Crippen LogP contribution in [0.3, 0.4) is 0 Å². The van der Waals surface area contributed by atoms with Crippen LogP contribution >= 0.6 is 0 Å². The van der Waals surface area contributed by atoms with Crippen LogP contribution in [-0.2, 0) is 14.3 Å². The van der Waals surface area contributed by atoms with Crippen molar-refractivity contribution in [2.75, 3.05) is 6.61 Å². The van der Waals surface area contributed by atoms with E-state index in [1.54, 1.807) is 58.0 Å². The molecule has 1 rings (SSSR count). The van der Waals surface area contributed by atoms with Crippen LogP contribution in [0, 0.1) is 23.2 Å². The van der Waals surface area contributed by atoms with Crippen molar-refractivity contribution in [3.63, 3.8) is 0 Å². The first-order chi connectivity index (χ1) is 11.2. The summed E-state index contributed by atoms with van der Waals surface area (Å²) in [4.78, 5) is 24.2. The van der Waals surface area contributed by atoms with Crippen LogP contribution in [0.25, 0.3) is 0 Å². The van der Waals surface area contributed by atoms with Crippen molar-refractivity contribution < 1.29 is 19.1 Å². The van der Waals surface area contributed by atoms with E-state index in [2.05, 4.69) is 17.2 Å². The summed E-state index contributed by atoms with van der Waals surface area (Å²) in [6, 6.07) is 10.5. The number of hydrogen-bond acceptors (Lipinski definition) is 5.